The van der Waals surface area contributed by atoms with Crippen LogP contribution in [-0.4, -0.2) is 31.8 Å². The lowest BCUT2D eigenvalue weighted by molar-refractivity contribution is 0.415. The highest BCUT2D eigenvalue weighted by Crippen LogP contribution is 2.30. The summed E-state index contributed by atoms with van der Waals surface area (Å²) in [6.07, 6.45) is 0. The van der Waals surface area contributed by atoms with Crippen molar-refractivity contribution < 1.29 is 4.74 Å². The Morgan fingerprint density at radius 3 is 2.65 bits per heavy atom. The zero-order valence-corrected chi connectivity index (χ0v) is 18.1. The first kappa shape index (κ1) is 19.5. The first-order chi connectivity index (χ1) is 15.2. The van der Waals surface area contributed by atoms with Crippen molar-refractivity contribution in [3.05, 3.63) is 82.2 Å². The first-order valence-corrected chi connectivity index (χ1v) is 11.3. The van der Waals surface area contributed by atoms with Crippen LogP contribution in [0.5, 0.6) is 5.75 Å². The van der Waals surface area contributed by atoms with Crippen LogP contribution in [0.4, 0.5) is 0 Å². The van der Waals surface area contributed by atoms with Gasteiger partial charge in [0.15, 0.2) is 11.0 Å². The van der Waals surface area contributed by atoms with Crippen LogP contribution in [0, 0.1) is 0 Å². The number of thioether (sulfide) groups is 1. The molecule has 0 saturated heterocycles. The third-order valence-corrected chi connectivity index (χ3v) is 6.54. The summed E-state index contributed by atoms with van der Waals surface area (Å²) in [6, 6.07) is 19.5. The summed E-state index contributed by atoms with van der Waals surface area (Å²) in [7, 11) is 1.64. The molecule has 0 unspecified atom stereocenters. The third-order valence-electron chi connectivity index (χ3n) is 4.70. The molecule has 0 bridgehead atoms. The van der Waals surface area contributed by atoms with E-state index in [0.29, 0.717) is 27.0 Å². The van der Waals surface area contributed by atoms with Gasteiger partial charge >= 0.3 is 0 Å². The average molecular weight is 448 g/mol. The molecule has 31 heavy (non-hydrogen) atoms. The number of hydrogen-bond acceptors (Lipinski definition) is 7. The molecule has 0 saturated carbocycles. The standard InChI is InChI=1S/C22H17N5O2S2/c1-29-16-9-7-14(8-10-16)20-25-26-22(27(20)15-5-3-2-4-6-15)31-13-18-23-17-11-12-30-19(17)21(28)24-18/h2-12H,13H2,1H3,(H,23,24,28). The van der Waals surface area contributed by atoms with Gasteiger partial charge in [0.05, 0.1) is 18.4 Å². The van der Waals surface area contributed by atoms with Crippen LogP contribution in [0.15, 0.2) is 76.0 Å². The lowest BCUT2D eigenvalue weighted by atomic mass is 10.2. The molecular weight excluding hydrogens is 430 g/mol. The molecule has 0 aliphatic carbocycles. The fourth-order valence-electron chi connectivity index (χ4n) is 3.22. The van der Waals surface area contributed by atoms with E-state index in [0.717, 1.165) is 22.8 Å². The van der Waals surface area contributed by atoms with Crippen LogP contribution in [0.1, 0.15) is 5.82 Å². The van der Waals surface area contributed by atoms with Crippen molar-refractivity contribution in [3.8, 4) is 22.8 Å². The number of nitrogens with one attached hydrogen (secondary N) is 1. The minimum Gasteiger partial charge on any atom is -0.497 e. The first-order valence-electron chi connectivity index (χ1n) is 9.47. The van der Waals surface area contributed by atoms with E-state index >= 15 is 0 Å². The average Bonchev–Trinajstić information content (AvgIpc) is 3.46. The van der Waals surface area contributed by atoms with Crippen molar-refractivity contribution in [2.45, 2.75) is 10.9 Å². The van der Waals surface area contributed by atoms with E-state index in [-0.39, 0.29) is 5.56 Å². The fraction of sp³-hybridized carbons (Fsp3) is 0.0909. The van der Waals surface area contributed by atoms with Crippen LogP contribution >= 0.6 is 23.1 Å². The number of methoxy groups -OCH3 is 1. The van der Waals surface area contributed by atoms with Gasteiger partial charge in [-0.15, -0.1) is 21.5 Å². The summed E-state index contributed by atoms with van der Waals surface area (Å²) in [5.74, 6) is 2.58. The Morgan fingerprint density at radius 2 is 1.87 bits per heavy atom. The molecule has 0 amide bonds. The summed E-state index contributed by atoms with van der Waals surface area (Å²) in [4.78, 5) is 19.7. The molecule has 5 rings (SSSR count). The van der Waals surface area contributed by atoms with Crippen LogP contribution in [0.2, 0.25) is 0 Å². The second kappa shape index (κ2) is 8.37. The van der Waals surface area contributed by atoms with E-state index in [4.69, 9.17) is 4.74 Å². The molecule has 0 radical (unpaired) electrons. The minimum atomic E-state index is -0.112. The van der Waals surface area contributed by atoms with Crippen LogP contribution < -0.4 is 10.3 Å². The smallest absolute Gasteiger partial charge is 0.268 e. The number of rotatable bonds is 6. The number of para-hydroxylation sites is 1. The van der Waals surface area contributed by atoms with Gasteiger partial charge in [-0.2, -0.15) is 0 Å². The number of thiophene rings is 1. The summed E-state index contributed by atoms with van der Waals surface area (Å²) >= 11 is 2.87. The van der Waals surface area contributed by atoms with E-state index in [9.17, 15) is 4.79 Å². The van der Waals surface area contributed by atoms with Gasteiger partial charge in [-0.05, 0) is 47.8 Å². The molecule has 3 aromatic heterocycles. The molecule has 0 atom stereocenters. The number of benzene rings is 2. The molecule has 0 aliphatic heterocycles. The van der Waals surface area contributed by atoms with Crippen molar-refractivity contribution in [2.24, 2.45) is 0 Å². The number of fused-ring (bicyclic) bond motifs is 1. The van der Waals surface area contributed by atoms with Gasteiger partial charge in [-0.1, -0.05) is 30.0 Å². The molecule has 1 N–H and O–H groups in total. The predicted molar refractivity (Wildman–Crippen MR) is 123 cm³/mol. The lowest BCUT2D eigenvalue weighted by Gasteiger charge is -2.10. The molecule has 2 aromatic carbocycles. The van der Waals surface area contributed by atoms with Gasteiger partial charge in [0, 0.05) is 11.3 Å². The molecule has 5 aromatic rings. The number of H-pyrrole nitrogens is 1. The molecule has 0 fully saturated rings. The Kier molecular flexibility index (Phi) is 5.27. The maximum atomic E-state index is 12.3. The summed E-state index contributed by atoms with van der Waals surface area (Å²) in [5.41, 5.74) is 2.48. The van der Waals surface area contributed by atoms with Crippen molar-refractivity contribution in [2.75, 3.05) is 7.11 Å². The quantitative estimate of drug-likeness (QED) is 0.385. The number of aromatic nitrogens is 5. The van der Waals surface area contributed by atoms with Crippen molar-refractivity contribution >= 4 is 33.3 Å². The van der Waals surface area contributed by atoms with E-state index in [1.54, 1.807) is 7.11 Å². The van der Waals surface area contributed by atoms with E-state index < -0.39 is 0 Å². The Hall–Kier alpha value is -3.43. The zero-order valence-electron chi connectivity index (χ0n) is 16.5. The highest BCUT2D eigenvalue weighted by Gasteiger charge is 2.17. The summed E-state index contributed by atoms with van der Waals surface area (Å²) in [5, 5.41) is 11.5. The minimum absolute atomic E-state index is 0.112. The molecule has 3 heterocycles. The summed E-state index contributed by atoms with van der Waals surface area (Å²) < 4.78 is 7.91. The topological polar surface area (TPSA) is 85.7 Å². The van der Waals surface area contributed by atoms with Gasteiger partial charge in [0.25, 0.3) is 5.56 Å². The van der Waals surface area contributed by atoms with Gasteiger partial charge in [-0.3, -0.25) is 9.36 Å². The molecule has 7 nitrogen and oxygen atoms in total. The molecular formula is C22H17N5O2S2. The van der Waals surface area contributed by atoms with Crippen LogP contribution in [-0.2, 0) is 5.75 Å². The molecule has 0 spiro atoms. The normalized spacial score (nSPS) is 11.1. The predicted octanol–water partition coefficient (Wildman–Crippen LogP) is 4.53. The van der Waals surface area contributed by atoms with Crippen LogP contribution in [0.25, 0.3) is 27.3 Å². The monoisotopic (exact) mass is 447 g/mol. The molecule has 154 valence electrons. The maximum Gasteiger partial charge on any atom is 0.268 e. The second-order valence-corrected chi connectivity index (χ2v) is 8.50. The maximum absolute atomic E-state index is 12.3. The van der Waals surface area contributed by atoms with Crippen molar-refractivity contribution in [3.63, 3.8) is 0 Å². The number of nitrogens with zero attached hydrogens (tertiary/aromatic N) is 4. The highest BCUT2D eigenvalue weighted by molar-refractivity contribution is 7.98. The fourth-order valence-corrected chi connectivity index (χ4v) is 4.77. The Bertz CT molecular complexity index is 1390. The van der Waals surface area contributed by atoms with Crippen molar-refractivity contribution in [1.82, 2.24) is 24.7 Å². The highest BCUT2D eigenvalue weighted by atomic mass is 32.2. The van der Waals surface area contributed by atoms with E-state index in [2.05, 4.69) is 20.2 Å². The Labute approximate surface area is 185 Å². The lowest BCUT2D eigenvalue weighted by Crippen LogP contribution is -2.09. The second-order valence-electron chi connectivity index (χ2n) is 6.64. The number of hydrogen-bond donors (Lipinski definition) is 1. The number of ether oxygens (including phenoxy) is 1. The third kappa shape index (κ3) is 3.85. The summed E-state index contributed by atoms with van der Waals surface area (Å²) in [6.45, 7) is 0. The van der Waals surface area contributed by atoms with E-state index in [1.165, 1.54) is 23.1 Å². The van der Waals surface area contributed by atoms with E-state index in [1.807, 2.05) is 70.6 Å². The molecule has 9 heteroatoms. The molecule has 0 aliphatic rings. The van der Waals surface area contributed by atoms with Gasteiger partial charge in [0.1, 0.15) is 16.3 Å². The van der Waals surface area contributed by atoms with Gasteiger partial charge in [-0.25, -0.2) is 4.98 Å². The van der Waals surface area contributed by atoms with Crippen molar-refractivity contribution in [1.29, 1.82) is 0 Å². The zero-order chi connectivity index (χ0) is 21.2. The Balaban J connectivity index is 1.51. The van der Waals surface area contributed by atoms with Gasteiger partial charge < -0.3 is 9.72 Å². The SMILES string of the molecule is COc1ccc(-c2nnc(SCc3nc4ccsc4c(=O)[nH]3)n2-c2ccccc2)cc1. The Morgan fingerprint density at radius 1 is 1.06 bits per heavy atom. The van der Waals surface area contributed by atoms with Crippen LogP contribution in [0.3, 0.4) is 0 Å². The van der Waals surface area contributed by atoms with Gasteiger partial charge in [0.2, 0.25) is 0 Å². The number of aromatic amines is 1. The largest absolute Gasteiger partial charge is 0.497 e.